The maximum atomic E-state index is 13.6. The van der Waals surface area contributed by atoms with Gasteiger partial charge in [-0.3, -0.25) is 0 Å². The quantitative estimate of drug-likeness (QED) is 0.725. The van der Waals surface area contributed by atoms with Crippen molar-refractivity contribution in [2.24, 2.45) is 0 Å². The number of benzene rings is 2. The van der Waals surface area contributed by atoms with Gasteiger partial charge in [0.2, 0.25) is 0 Å². The fourth-order valence-electron chi connectivity index (χ4n) is 1.90. The van der Waals surface area contributed by atoms with Gasteiger partial charge in [0.15, 0.2) is 0 Å². The normalized spacial score (nSPS) is 10.7. The molecule has 0 radical (unpaired) electrons. The average Bonchev–Trinajstić information content (AvgIpc) is 2.56. The summed E-state index contributed by atoms with van der Waals surface area (Å²) >= 11 is 3.30. The van der Waals surface area contributed by atoms with E-state index in [9.17, 15) is 9.18 Å². The van der Waals surface area contributed by atoms with Crippen molar-refractivity contribution in [2.75, 3.05) is 6.54 Å². The number of amides is 1. The van der Waals surface area contributed by atoms with Crippen molar-refractivity contribution in [1.29, 1.82) is 0 Å². The van der Waals surface area contributed by atoms with E-state index in [4.69, 9.17) is 4.74 Å². The van der Waals surface area contributed by atoms with E-state index in [1.807, 2.05) is 30.3 Å². The Morgan fingerprint density at radius 2 is 1.96 bits per heavy atom. The molecule has 0 aliphatic heterocycles. The van der Waals surface area contributed by atoms with Gasteiger partial charge in [-0.05, 0) is 24.1 Å². The van der Waals surface area contributed by atoms with E-state index in [-0.39, 0.29) is 12.4 Å². The molecule has 0 fully saturated rings. The molecule has 120 valence electrons. The molecule has 0 saturated carbocycles. The zero-order valence-electron chi connectivity index (χ0n) is 12.5. The first-order valence-electron chi connectivity index (χ1n) is 7.22. The molecule has 0 unspecified atom stereocenters. The molecule has 0 aliphatic rings. The molecular formula is C18H17BrFNO2. The molecule has 0 saturated heterocycles. The number of ether oxygens (including phenoxy) is 1. The molecule has 2 rings (SSSR count). The van der Waals surface area contributed by atoms with Crippen LogP contribution in [0.4, 0.5) is 9.18 Å². The minimum atomic E-state index is -0.464. The van der Waals surface area contributed by atoms with Crippen molar-refractivity contribution in [1.82, 2.24) is 5.32 Å². The van der Waals surface area contributed by atoms with Crippen LogP contribution in [0.15, 0.2) is 59.1 Å². The van der Waals surface area contributed by atoms with Crippen LogP contribution < -0.4 is 5.32 Å². The summed E-state index contributed by atoms with van der Waals surface area (Å²) in [5.41, 5.74) is 1.44. The fraction of sp³-hybridized carbons (Fsp3) is 0.167. The van der Waals surface area contributed by atoms with Gasteiger partial charge in [-0.15, -0.1) is 0 Å². The monoisotopic (exact) mass is 377 g/mol. The lowest BCUT2D eigenvalue weighted by atomic mass is 10.2. The maximum Gasteiger partial charge on any atom is 0.407 e. The Morgan fingerprint density at radius 1 is 1.17 bits per heavy atom. The lowest BCUT2D eigenvalue weighted by Crippen LogP contribution is -2.24. The van der Waals surface area contributed by atoms with E-state index in [1.165, 1.54) is 6.07 Å². The first-order valence-corrected chi connectivity index (χ1v) is 8.01. The number of alkyl carbamates (subject to hydrolysis) is 1. The van der Waals surface area contributed by atoms with E-state index in [0.717, 1.165) is 5.56 Å². The van der Waals surface area contributed by atoms with Crippen LogP contribution in [0.2, 0.25) is 0 Å². The lowest BCUT2D eigenvalue weighted by Gasteiger charge is -2.06. The van der Waals surface area contributed by atoms with Crippen molar-refractivity contribution in [3.63, 3.8) is 0 Å². The molecule has 2 aromatic carbocycles. The standard InChI is InChI=1S/C18H17BrFNO2/c19-16-10-6-11-17(20)15(16)9-4-5-12-21-18(22)23-13-14-7-2-1-3-8-14/h1-4,6-11H,5,12-13H2,(H,21,22). The highest BCUT2D eigenvalue weighted by Gasteiger charge is 2.03. The van der Waals surface area contributed by atoms with Crippen LogP contribution in [0.1, 0.15) is 17.5 Å². The third-order valence-corrected chi connectivity index (χ3v) is 3.77. The van der Waals surface area contributed by atoms with Crippen molar-refractivity contribution in [3.8, 4) is 0 Å². The van der Waals surface area contributed by atoms with Crippen molar-refractivity contribution in [3.05, 3.63) is 76.0 Å². The van der Waals surface area contributed by atoms with Gasteiger partial charge < -0.3 is 10.1 Å². The first kappa shape index (κ1) is 17.2. The summed E-state index contributed by atoms with van der Waals surface area (Å²) in [6, 6.07) is 14.3. The van der Waals surface area contributed by atoms with E-state index < -0.39 is 6.09 Å². The number of hydrogen-bond acceptors (Lipinski definition) is 2. The molecule has 0 bridgehead atoms. The molecule has 0 aliphatic carbocycles. The Hall–Kier alpha value is -2.14. The Balaban J connectivity index is 1.69. The molecule has 1 N–H and O–H groups in total. The minimum absolute atomic E-state index is 0.241. The SMILES string of the molecule is O=C(NCCC=Cc1c(F)cccc1Br)OCc1ccccc1. The summed E-state index contributed by atoms with van der Waals surface area (Å²) < 4.78 is 19.4. The molecule has 2 aromatic rings. The molecule has 3 nitrogen and oxygen atoms in total. The summed E-state index contributed by atoms with van der Waals surface area (Å²) in [6.07, 6.45) is 3.62. The van der Waals surface area contributed by atoms with Crippen LogP contribution in [0.25, 0.3) is 6.08 Å². The average molecular weight is 378 g/mol. The molecule has 0 heterocycles. The van der Waals surface area contributed by atoms with Gasteiger partial charge in [-0.25, -0.2) is 9.18 Å². The predicted molar refractivity (Wildman–Crippen MR) is 92.4 cm³/mol. The smallest absolute Gasteiger partial charge is 0.407 e. The Bertz CT molecular complexity index is 654. The topological polar surface area (TPSA) is 38.3 Å². The number of carbonyl (C=O) groups excluding carboxylic acids is 1. The lowest BCUT2D eigenvalue weighted by molar-refractivity contribution is 0.140. The molecule has 0 atom stereocenters. The highest BCUT2D eigenvalue weighted by molar-refractivity contribution is 9.10. The molecular weight excluding hydrogens is 361 g/mol. The third kappa shape index (κ3) is 5.87. The molecule has 0 aromatic heterocycles. The second-order valence-electron chi connectivity index (χ2n) is 4.81. The number of carbonyl (C=O) groups is 1. The van der Waals surface area contributed by atoms with Gasteiger partial charge in [0.25, 0.3) is 0 Å². The van der Waals surface area contributed by atoms with Crippen molar-refractivity contribution < 1.29 is 13.9 Å². The van der Waals surface area contributed by atoms with Crippen LogP contribution >= 0.6 is 15.9 Å². The minimum Gasteiger partial charge on any atom is -0.445 e. The Kier molecular flexibility index (Phi) is 6.81. The number of rotatable bonds is 6. The summed E-state index contributed by atoms with van der Waals surface area (Å²) in [4.78, 5) is 11.5. The first-order chi connectivity index (χ1) is 11.2. The van der Waals surface area contributed by atoms with Crippen LogP contribution in [-0.4, -0.2) is 12.6 Å². The maximum absolute atomic E-state index is 13.6. The fourth-order valence-corrected chi connectivity index (χ4v) is 2.38. The van der Waals surface area contributed by atoms with Gasteiger partial charge in [0, 0.05) is 16.6 Å². The van der Waals surface area contributed by atoms with E-state index in [1.54, 1.807) is 24.3 Å². The van der Waals surface area contributed by atoms with Gasteiger partial charge in [0.05, 0.1) is 0 Å². The van der Waals surface area contributed by atoms with Crippen LogP contribution in [0.5, 0.6) is 0 Å². The molecule has 1 amide bonds. The molecule has 0 spiro atoms. The van der Waals surface area contributed by atoms with Crippen molar-refractivity contribution in [2.45, 2.75) is 13.0 Å². The summed E-state index contributed by atoms with van der Waals surface area (Å²) in [6.45, 7) is 0.668. The predicted octanol–water partition coefficient (Wildman–Crippen LogP) is 4.92. The number of halogens is 2. The number of nitrogens with one attached hydrogen (secondary N) is 1. The second kappa shape index (κ2) is 9.10. The zero-order chi connectivity index (χ0) is 16.5. The Labute approximate surface area is 143 Å². The summed E-state index contributed by atoms with van der Waals surface area (Å²) in [7, 11) is 0. The zero-order valence-corrected chi connectivity index (χ0v) is 14.1. The molecule has 23 heavy (non-hydrogen) atoms. The van der Waals surface area contributed by atoms with Gasteiger partial charge >= 0.3 is 6.09 Å². The highest BCUT2D eigenvalue weighted by atomic mass is 79.9. The summed E-state index contributed by atoms with van der Waals surface area (Å²) in [5.74, 6) is -0.286. The number of hydrogen-bond donors (Lipinski definition) is 1. The second-order valence-corrected chi connectivity index (χ2v) is 5.67. The van der Waals surface area contributed by atoms with Crippen LogP contribution in [-0.2, 0) is 11.3 Å². The highest BCUT2D eigenvalue weighted by Crippen LogP contribution is 2.20. The van der Waals surface area contributed by atoms with Gasteiger partial charge in [0.1, 0.15) is 12.4 Å². The molecule has 5 heteroatoms. The van der Waals surface area contributed by atoms with Gasteiger partial charge in [-0.2, -0.15) is 0 Å². The van der Waals surface area contributed by atoms with Gasteiger partial charge in [-0.1, -0.05) is 64.5 Å². The largest absolute Gasteiger partial charge is 0.445 e. The van der Waals surface area contributed by atoms with E-state index >= 15 is 0 Å². The summed E-state index contributed by atoms with van der Waals surface area (Å²) in [5, 5.41) is 2.65. The van der Waals surface area contributed by atoms with Crippen molar-refractivity contribution >= 4 is 28.1 Å². The van der Waals surface area contributed by atoms with Crippen LogP contribution in [0.3, 0.4) is 0 Å². The Morgan fingerprint density at radius 3 is 2.70 bits per heavy atom. The van der Waals surface area contributed by atoms with E-state index in [0.29, 0.717) is 23.0 Å². The van der Waals surface area contributed by atoms with E-state index in [2.05, 4.69) is 21.2 Å². The third-order valence-electron chi connectivity index (χ3n) is 3.08. The van der Waals surface area contributed by atoms with Crippen LogP contribution in [0, 0.1) is 5.82 Å².